The molecular weight excluding hydrogens is 368 g/mol. The fourth-order valence-corrected chi connectivity index (χ4v) is 4.75. The molecular formula is C19H28N2O5S. The lowest BCUT2D eigenvalue weighted by Gasteiger charge is -2.37. The first-order chi connectivity index (χ1) is 12.9. The van der Waals surface area contributed by atoms with Gasteiger partial charge in [0.05, 0.1) is 18.1 Å². The number of unbranched alkanes of at least 4 members (excludes halogenated alkanes) is 1. The Hall–Kier alpha value is -1.48. The van der Waals surface area contributed by atoms with Crippen LogP contribution in [0, 0.1) is 0 Å². The number of hydrogen-bond donors (Lipinski definition) is 0. The third-order valence-corrected chi connectivity index (χ3v) is 7.09. The van der Waals surface area contributed by atoms with Gasteiger partial charge in [-0.1, -0.05) is 19.4 Å². The molecule has 0 N–H and O–H groups in total. The highest BCUT2D eigenvalue weighted by Crippen LogP contribution is 2.31. The third kappa shape index (κ3) is 4.34. The normalized spacial score (nSPS) is 19.7. The fourth-order valence-electron chi connectivity index (χ4n) is 3.49. The molecule has 150 valence electrons. The number of carbonyl (C=O) groups excluding carboxylic acids is 1. The fraction of sp³-hybridized carbons (Fsp3) is 0.632. The summed E-state index contributed by atoms with van der Waals surface area (Å²) in [7, 11) is -2.02. The molecule has 2 fully saturated rings. The van der Waals surface area contributed by atoms with Crippen molar-refractivity contribution in [2.24, 2.45) is 0 Å². The van der Waals surface area contributed by atoms with Crippen LogP contribution < -0.4 is 0 Å². The molecule has 0 bridgehead atoms. The van der Waals surface area contributed by atoms with Crippen molar-refractivity contribution in [1.29, 1.82) is 0 Å². The average molecular weight is 397 g/mol. The van der Waals surface area contributed by atoms with Crippen LogP contribution in [0.5, 0.6) is 0 Å². The van der Waals surface area contributed by atoms with E-state index in [9.17, 15) is 13.2 Å². The first-order valence-electron chi connectivity index (χ1n) is 9.51. The van der Waals surface area contributed by atoms with E-state index in [2.05, 4.69) is 0 Å². The number of nitrogens with zero attached hydrogens (tertiary/aromatic N) is 2. The number of carbonyl (C=O) groups is 1. The number of rotatable bonds is 6. The molecule has 0 saturated carbocycles. The van der Waals surface area contributed by atoms with E-state index in [-0.39, 0.29) is 10.8 Å². The highest BCUT2D eigenvalue weighted by Gasteiger charge is 2.40. The van der Waals surface area contributed by atoms with Crippen LogP contribution in [0.25, 0.3) is 0 Å². The minimum atomic E-state index is -3.59. The Bertz CT molecular complexity index is 764. The number of sulfonamides is 1. The Labute approximate surface area is 161 Å². The van der Waals surface area contributed by atoms with Crippen molar-refractivity contribution in [3.05, 3.63) is 29.8 Å². The summed E-state index contributed by atoms with van der Waals surface area (Å²) in [5, 5.41) is 0. The van der Waals surface area contributed by atoms with E-state index in [1.165, 1.54) is 10.4 Å². The van der Waals surface area contributed by atoms with Gasteiger partial charge in [-0.3, -0.25) is 4.79 Å². The van der Waals surface area contributed by atoms with E-state index in [1.807, 2.05) is 6.92 Å². The van der Waals surface area contributed by atoms with Crippen molar-refractivity contribution < 1.29 is 22.7 Å². The molecule has 0 aromatic heterocycles. The third-order valence-electron chi connectivity index (χ3n) is 5.24. The smallest absolute Gasteiger partial charge is 0.253 e. The zero-order valence-corrected chi connectivity index (χ0v) is 16.8. The van der Waals surface area contributed by atoms with E-state index in [4.69, 9.17) is 9.47 Å². The van der Waals surface area contributed by atoms with Gasteiger partial charge in [-0.05, 0) is 24.6 Å². The van der Waals surface area contributed by atoms with Crippen LogP contribution in [-0.4, -0.2) is 69.2 Å². The molecule has 1 aromatic carbocycles. The van der Waals surface area contributed by atoms with Crippen molar-refractivity contribution in [1.82, 2.24) is 9.21 Å². The van der Waals surface area contributed by atoms with Crippen molar-refractivity contribution in [2.75, 3.05) is 39.9 Å². The Morgan fingerprint density at radius 1 is 1.22 bits per heavy atom. The summed E-state index contributed by atoms with van der Waals surface area (Å²) in [5.41, 5.74) is 0.393. The quantitative estimate of drug-likeness (QED) is 0.736. The molecule has 7 nitrogen and oxygen atoms in total. The zero-order chi connectivity index (χ0) is 19.5. The summed E-state index contributed by atoms with van der Waals surface area (Å²) < 4.78 is 38.2. The van der Waals surface area contributed by atoms with Gasteiger partial charge in [0.15, 0.2) is 5.79 Å². The van der Waals surface area contributed by atoms with Gasteiger partial charge in [-0.15, -0.1) is 0 Å². The summed E-state index contributed by atoms with van der Waals surface area (Å²) in [6, 6.07) is 6.32. The number of ether oxygens (including phenoxy) is 2. The molecule has 3 rings (SSSR count). The minimum absolute atomic E-state index is 0.155. The van der Waals surface area contributed by atoms with Crippen molar-refractivity contribution in [3.63, 3.8) is 0 Å². The topological polar surface area (TPSA) is 76.2 Å². The molecule has 2 aliphatic heterocycles. The maximum absolute atomic E-state index is 12.9. The van der Waals surface area contributed by atoms with Crippen LogP contribution in [0.4, 0.5) is 0 Å². The lowest BCUT2D eigenvalue weighted by Crippen LogP contribution is -2.47. The van der Waals surface area contributed by atoms with Crippen molar-refractivity contribution in [3.8, 4) is 0 Å². The standard InChI is InChI=1S/C19H28N2O5S/c1-3-4-10-20(2)27(23,24)17-7-5-6-16(15-17)18(22)21-11-8-19(9-12-21)25-13-14-26-19/h5-7,15H,3-4,8-14H2,1-2H3. The van der Waals surface area contributed by atoms with E-state index in [1.54, 1.807) is 30.1 Å². The van der Waals surface area contributed by atoms with Crippen molar-refractivity contribution in [2.45, 2.75) is 43.3 Å². The van der Waals surface area contributed by atoms with Crippen LogP contribution >= 0.6 is 0 Å². The Morgan fingerprint density at radius 3 is 2.52 bits per heavy atom. The van der Waals surface area contributed by atoms with Gasteiger partial charge in [-0.2, -0.15) is 0 Å². The summed E-state index contributed by atoms with van der Waals surface area (Å²) in [6.07, 6.45) is 2.99. The molecule has 0 unspecified atom stereocenters. The summed E-state index contributed by atoms with van der Waals surface area (Å²) in [4.78, 5) is 14.8. The number of hydrogen-bond acceptors (Lipinski definition) is 5. The molecule has 8 heteroatoms. The predicted octanol–water partition coefficient (Wildman–Crippen LogP) is 2.09. The summed E-state index contributed by atoms with van der Waals surface area (Å²) >= 11 is 0. The van der Waals surface area contributed by atoms with Crippen LogP contribution in [0.15, 0.2) is 29.2 Å². The average Bonchev–Trinajstić information content (AvgIpc) is 3.14. The van der Waals surface area contributed by atoms with E-state index < -0.39 is 15.8 Å². The van der Waals surface area contributed by atoms with Crippen LogP contribution in [0.1, 0.15) is 43.0 Å². The summed E-state index contributed by atoms with van der Waals surface area (Å²) in [6.45, 7) is 4.74. The molecule has 0 radical (unpaired) electrons. The molecule has 1 spiro atoms. The Balaban J connectivity index is 1.70. The van der Waals surface area contributed by atoms with Gasteiger partial charge >= 0.3 is 0 Å². The van der Waals surface area contributed by atoms with E-state index >= 15 is 0 Å². The second kappa shape index (κ2) is 8.26. The zero-order valence-electron chi connectivity index (χ0n) is 16.0. The molecule has 2 saturated heterocycles. The van der Waals surface area contributed by atoms with Crippen LogP contribution in [-0.2, 0) is 19.5 Å². The number of likely N-dealkylation sites (tertiary alicyclic amines) is 1. The maximum Gasteiger partial charge on any atom is 0.253 e. The SMILES string of the molecule is CCCCN(C)S(=O)(=O)c1cccc(C(=O)N2CCC3(CC2)OCCO3)c1. The summed E-state index contributed by atoms with van der Waals surface area (Å²) in [5.74, 6) is -0.694. The Kier molecular flexibility index (Phi) is 6.20. The highest BCUT2D eigenvalue weighted by atomic mass is 32.2. The van der Waals surface area contributed by atoms with Gasteiger partial charge in [-0.25, -0.2) is 12.7 Å². The molecule has 0 aliphatic carbocycles. The lowest BCUT2D eigenvalue weighted by atomic mass is 10.0. The maximum atomic E-state index is 12.9. The number of amides is 1. The number of piperidine rings is 1. The number of benzene rings is 1. The molecule has 0 atom stereocenters. The van der Waals surface area contributed by atoms with Gasteiger partial charge in [0, 0.05) is 45.1 Å². The van der Waals surface area contributed by atoms with Gasteiger partial charge < -0.3 is 14.4 Å². The first-order valence-corrected chi connectivity index (χ1v) is 11.0. The van der Waals surface area contributed by atoms with Crippen molar-refractivity contribution >= 4 is 15.9 Å². The van der Waals surface area contributed by atoms with Crippen LogP contribution in [0.2, 0.25) is 0 Å². The van der Waals surface area contributed by atoms with E-state index in [0.29, 0.717) is 51.3 Å². The molecule has 1 aromatic rings. The van der Waals surface area contributed by atoms with Gasteiger partial charge in [0.2, 0.25) is 10.0 Å². The molecule has 1 amide bonds. The predicted molar refractivity (Wildman–Crippen MR) is 101 cm³/mol. The van der Waals surface area contributed by atoms with Gasteiger partial charge in [0.25, 0.3) is 5.91 Å². The second-order valence-electron chi connectivity index (χ2n) is 7.11. The highest BCUT2D eigenvalue weighted by molar-refractivity contribution is 7.89. The minimum Gasteiger partial charge on any atom is -0.347 e. The van der Waals surface area contributed by atoms with E-state index in [0.717, 1.165) is 12.8 Å². The van der Waals surface area contributed by atoms with Gasteiger partial charge in [0.1, 0.15) is 0 Å². The second-order valence-corrected chi connectivity index (χ2v) is 9.15. The largest absolute Gasteiger partial charge is 0.347 e. The molecule has 27 heavy (non-hydrogen) atoms. The molecule has 2 heterocycles. The Morgan fingerprint density at radius 2 is 1.89 bits per heavy atom. The monoisotopic (exact) mass is 396 g/mol. The molecule has 2 aliphatic rings. The first kappa shape index (κ1) is 20.3. The lowest BCUT2D eigenvalue weighted by molar-refractivity contribution is -0.181. The van der Waals surface area contributed by atoms with Crippen LogP contribution in [0.3, 0.4) is 0 Å².